The van der Waals surface area contributed by atoms with Gasteiger partial charge in [-0.15, -0.1) is 0 Å². The van der Waals surface area contributed by atoms with E-state index in [2.05, 4.69) is 193 Å². The largest absolute Gasteiger partial charge is 0.741 e. The summed E-state index contributed by atoms with van der Waals surface area (Å²) < 4.78 is 127. The van der Waals surface area contributed by atoms with Crippen LogP contribution in [0.4, 0.5) is 26.3 Å². The first-order chi connectivity index (χ1) is 26.0. The molecule has 2 heterocycles. The second kappa shape index (κ2) is 19.6. The SMILES string of the molecule is Cn1c[n+](C)cc1P(c1ccccc1)c1ccccc1.Cn1c[n+](C)cc1P(c1ccccc1)c1ccccc1.O=S(=O)([O-])C(F)(F)F.O=S(=O)([O-])C(F)(F)F. The van der Waals surface area contributed by atoms with Crippen molar-refractivity contribution in [1.82, 2.24) is 9.13 Å². The monoisotopic (exact) mass is 860 g/mol. The van der Waals surface area contributed by atoms with Crippen LogP contribution in [0.2, 0.25) is 0 Å². The number of aryl methyl sites for hydroxylation is 4. The Bertz CT molecular complexity index is 2100. The van der Waals surface area contributed by atoms with E-state index in [0.717, 1.165) is 0 Å². The highest BCUT2D eigenvalue weighted by Crippen LogP contribution is 2.33. The Hall–Kier alpha value is -4.44. The third kappa shape index (κ3) is 13.4. The summed E-state index contributed by atoms with van der Waals surface area (Å²) in [7, 11) is -4.79. The van der Waals surface area contributed by atoms with Gasteiger partial charge in [0.2, 0.25) is 12.7 Å². The first-order valence-corrected chi connectivity index (χ1v) is 21.4. The standard InChI is InChI=1S/2C17H18N2P.2CHF3O3S/c2*1-18-13-17(19(2)14-18)20(15-9-5-3-6-10-15)16-11-7-4-8-12-16;2*2-1(3,4)8(5,6)7/h2*3-14H,1-2H3;2*(H,5,6,7)/q2*+1;;/p-2. The van der Waals surface area contributed by atoms with Crippen LogP contribution in [0.25, 0.3) is 0 Å². The molecule has 0 saturated heterocycles. The molecule has 0 bridgehead atoms. The van der Waals surface area contributed by atoms with E-state index in [1.165, 1.54) is 32.1 Å². The predicted octanol–water partition coefficient (Wildman–Crippen LogP) is 3.32. The molecule has 0 N–H and O–H groups in total. The summed E-state index contributed by atoms with van der Waals surface area (Å²) in [5.41, 5.74) is -8.57. The summed E-state index contributed by atoms with van der Waals surface area (Å²) in [5, 5.41) is 5.54. The molecule has 0 atom stereocenters. The minimum absolute atomic E-state index is 0.504. The molecule has 0 amide bonds. The van der Waals surface area contributed by atoms with Crippen molar-refractivity contribution in [1.29, 1.82) is 0 Å². The fourth-order valence-electron chi connectivity index (χ4n) is 4.84. The van der Waals surface area contributed by atoms with Gasteiger partial charge in [-0.2, -0.15) is 26.3 Å². The summed E-state index contributed by atoms with van der Waals surface area (Å²) >= 11 is 0. The van der Waals surface area contributed by atoms with Crippen LogP contribution in [-0.4, -0.2) is 46.1 Å². The lowest BCUT2D eigenvalue weighted by atomic mass is 10.4. The van der Waals surface area contributed by atoms with Crippen LogP contribution in [0.3, 0.4) is 0 Å². The summed E-state index contributed by atoms with van der Waals surface area (Å²) in [4.78, 5) is 0. The van der Waals surface area contributed by atoms with Crippen LogP contribution in [-0.2, 0) is 48.4 Å². The molecule has 56 heavy (non-hydrogen) atoms. The van der Waals surface area contributed by atoms with Crippen LogP contribution >= 0.6 is 15.8 Å². The van der Waals surface area contributed by atoms with Gasteiger partial charge in [-0.3, -0.25) is 0 Å². The quantitative estimate of drug-likeness (QED) is 0.0831. The Kier molecular flexibility index (Phi) is 16.1. The fourth-order valence-corrected chi connectivity index (χ4v) is 9.71. The minimum atomic E-state index is -6.09. The van der Waals surface area contributed by atoms with Crippen molar-refractivity contribution in [3.8, 4) is 0 Å². The average molecular weight is 861 g/mol. The molecule has 10 nitrogen and oxygen atoms in total. The van der Waals surface area contributed by atoms with Gasteiger partial charge in [0.25, 0.3) is 0 Å². The molecule has 6 aromatic rings. The highest BCUT2D eigenvalue weighted by atomic mass is 32.2. The Labute approximate surface area is 323 Å². The molecule has 0 spiro atoms. The van der Waals surface area contributed by atoms with Gasteiger partial charge in [-0.1, -0.05) is 121 Å². The van der Waals surface area contributed by atoms with E-state index < -0.39 is 47.1 Å². The van der Waals surface area contributed by atoms with Gasteiger partial charge >= 0.3 is 11.0 Å². The lowest BCUT2D eigenvalue weighted by Crippen LogP contribution is -2.27. The Morgan fingerprint density at radius 3 is 0.821 bits per heavy atom. The Balaban J connectivity index is 0.000000220. The zero-order valence-corrected chi connectivity index (χ0v) is 33.5. The first-order valence-electron chi connectivity index (χ1n) is 15.9. The predicted molar refractivity (Wildman–Crippen MR) is 202 cm³/mol. The average Bonchev–Trinajstić information content (AvgIpc) is 3.63. The van der Waals surface area contributed by atoms with E-state index >= 15 is 0 Å². The van der Waals surface area contributed by atoms with Crippen molar-refractivity contribution in [2.45, 2.75) is 11.0 Å². The van der Waals surface area contributed by atoms with Gasteiger partial charge < -0.3 is 9.11 Å². The third-order valence-electron chi connectivity index (χ3n) is 7.15. The van der Waals surface area contributed by atoms with Crippen LogP contribution in [0.5, 0.6) is 0 Å². The van der Waals surface area contributed by atoms with Crippen molar-refractivity contribution in [2.24, 2.45) is 28.2 Å². The maximum Gasteiger partial charge on any atom is 0.485 e. The molecule has 0 unspecified atom stereocenters. The Morgan fingerprint density at radius 2 is 0.679 bits per heavy atom. The van der Waals surface area contributed by atoms with E-state index in [0.29, 0.717) is 0 Å². The van der Waals surface area contributed by atoms with Gasteiger partial charge in [0.15, 0.2) is 31.1 Å². The number of aromatic nitrogens is 4. The number of rotatable bonds is 6. The van der Waals surface area contributed by atoms with Crippen LogP contribution in [0.1, 0.15) is 0 Å². The third-order valence-corrected chi connectivity index (χ3v) is 13.3. The molecule has 0 aliphatic rings. The Morgan fingerprint density at radius 1 is 0.482 bits per heavy atom. The minimum Gasteiger partial charge on any atom is -0.741 e. The molecule has 300 valence electrons. The molecule has 0 radical (unpaired) electrons. The molecule has 2 aromatic heterocycles. The number of nitrogens with zero attached hydrogens (tertiary/aromatic N) is 4. The van der Waals surface area contributed by atoms with Crippen molar-refractivity contribution >= 4 is 68.2 Å². The molecule has 0 saturated carbocycles. The first kappa shape index (κ1) is 45.9. The molecule has 6 rings (SSSR count). The molecule has 20 heteroatoms. The smallest absolute Gasteiger partial charge is 0.485 e. The van der Waals surface area contributed by atoms with E-state index in [4.69, 9.17) is 25.9 Å². The van der Waals surface area contributed by atoms with E-state index in [9.17, 15) is 26.3 Å². The van der Waals surface area contributed by atoms with E-state index in [1.807, 2.05) is 0 Å². The van der Waals surface area contributed by atoms with Crippen molar-refractivity contribution in [2.75, 3.05) is 0 Å². The fraction of sp³-hybridized carbons (Fsp3) is 0.167. The number of benzene rings is 4. The van der Waals surface area contributed by atoms with E-state index in [-0.39, 0.29) is 0 Å². The topological polar surface area (TPSA) is 132 Å². The van der Waals surface area contributed by atoms with Gasteiger partial charge in [0.05, 0.1) is 28.2 Å². The number of hydrogen-bond donors (Lipinski definition) is 0. The summed E-state index contributed by atoms with van der Waals surface area (Å²) in [6.07, 6.45) is 8.70. The maximum absolute atomic E-state index is 10.7. The molecule has 0 aliphatic carbocycles. The van der Waals surface area contributed by atoms with Gasteiger partial charge in [0, 0.05) is 15.8 Å². The maximum atomic E-state index is 10.7. The van der Waals surface area contributed by atoms with Crippen molar-refractivity contribution in [3.05, 3.63) is 146 Å². The number of halogens is 6. The zero-order chi connectivity index (χ0) is 41.9. The van der Waals surface area contributed by atoms with Crippen molar-refractivity contribution < 1.29 is 61.4 Å². The number of hydrogen-bond acceptors (Lipinski definition) is 6. The molecular weight excluding hydrogens is 824 g/mol. The van der Waals surface area contributed by atoms with Gasteiger partial charge in [0.1, 0.15) is 12.4 Å². The van der Waals surface area contributed by atoms with Crippen molar-refractivity contribution in [3.63, 3.8) is 0 Å². The van der Waals surface area contributed by atoms with Crippen LogP contribution < -0.4 is 41.2 Å². The lowest BCUT2D eigenvalue weighted by Gasteiger charge is -2.15. The summed E-state index contributed by atoms with van der Waals surface area (Å²) in [5.74, 6) is 0. The van der Waals surface area contributed by atoms with Crippen LogP contribution in [0, 0.1) is 0 Å². The number of alkyl halides is 6. The van der Waals surface area contributed by atoms with Gasteiger partial charge in [-0.05, 0) is 21.2 Å². The van der Waals surface area contributed by atoms with Gasteiger partial charge in [-0.25, -0.2) is 35.1 Å². The lowest BCUT2D eigenvalue weighted by molar-refractivity contribution is -0.670. The highest BCUT2D eigenvalue weighted by Gasteiger charge is 2.37. The molecular formula is C36H36F6N4O6P2S2. The highest BCUT2D eigenvalue weighted by molar-refractivity contribution is 7.86. The van der Waals surface area contributed by atoms with E-state index in [1.54, 1.807) is 0 Å². The normalized spacial score (nSPS) is 11.8. The summed E-state index contributed by atoms with van der Waals surface area (Å²) in [6.45, 7) is 0. The zero-order valence-electron chi connectivity index (χ0n) is 30.1. The molecule has 4 aromatic carbocycles. The molecule has 0 fully saturated rings. The molecule has 0 aliphatic heterocycles. The number of imidazole rings is 2. The second-order valence-electron chi connectivity index (χ2n) is 11.6. The summed E-state index contributed by atoms with van der Waals surface area (Å²) in [6, 6.07) is 43.1. The van der Waals surface area contributed by atoms with Crippen LogP contribution in [0.15, 0.2) is 146 Å². The second-order valence-corrected chi connectivity index (χ2v) is 18.6.